The van der Waals surface area contributed by atoms with Crippen LogP contribution in [-0.4, -0.2) is 44.2 Å². The Morgan fingerprint density at radius 3 is 2.59 bits per heavy atom. The number of fused-ring (bicyclic) bond motifs is 6. The average Bonchev–Trinajstić information content (AvgIpc) is 3.12. The number of methoxy groups -OCH3 is 2. The number of nitrogens with zero attached hydrogens (tertiary/aromatic N) is 1. The largest absolute Gasteiger partial charge is 0.493 e. The second-order valence-electron chi connectivity index (χ2n) is 7.43. The maximum Gasteiger partial charge on any atom is 0.231 e. The molecule has 5 rings (SSSR count). The fourth-order valence-corrected chi connectivity index (χ4v) is 4.93. The monoisotopic (exact) mass is 369 g/mol. The highest BCUT2D eigenvalue weighted by molar-refractivity contribution is 5.57. The second-order valence-corrected chi connectivity index (χ2v) is 7.43. The Balaban J connectivity index is 1.67. The Bertz CT molecular complexity index is 912. The van der Waals surface area contributed by atoms with Crippen molar-refractivity contribution in [3.63, 3.8) is 0 Å². The molecule has 1 N–H and O–H groups in total. The Morgan fingerprint density at radius 2 is 1.85 bits per heavy atom. The summed E-state index contributed by atoms with van der Waals surface area (Å²) in [6.07, 6.45) is 0.108. The molecule has 3 atom stereocenters. The topological polar surface area (TPSA) is 60.4 Å². The summed E-state index contributed by atoms with van der Waals surface area (Å²) in [7, 11) is 5.40. The summed E-state index contributed by atoms with van der Waals surface area (Å²) in [5, 5.41) is 11.1. The number of aliphatic hydroxyl groups excluding tert-OH is 1. The van der Waals surface area contributed by atoms with Crippen molar-refractivity contribution in [2.75, 3.05) is 28.1 Å². The molecule has 0 saturated heterocycles. The predicted octanol–water partition coefficient (Wildman–Crippen LogP) is 2.62. The lowest BCUT2D eigenvalue weighted by Gasteiger charge is -2.46. The third-order valence-corrected chi connectivity index (χ3v) is 6.06. The molecule has 6 nitrogen and oxygen atoms in total. The third-order valence-electron chi connectivity index (χ3n) is 6.06. The van der Waals surface area contributed by atoms with Gasteiger partial charge in [-0.1, -0.05) is 6.07 Å². The zero-order valence-corrected chi connectivity index (χ0v) is 15.7. The van der Waals surface area contributed by atoms with Gasteiger partial charge in [0, 0.05) is 24.1 Å². The van der Waals surface area contributed by atoms with Crippen LogP contribution in [0.25, 0.3) is 0 Å². The number of benzene rings is 2. The van der Waals surface area contributed by atoms with Crippen LogP contribution in [0.3, 0.4) is 0 Å². The molecular formula is C21H23NO5. The maximum atomic E-state index is 11.1. The van der Waals surface area contributed by atoms with Crippen molar-refractivity contribution < 1.29 is 24.1 Å². The lowest BCUT2D eigenvalue weighted by Crippen LogP contribution is -2.43. The highest BCUT2D eigenvalue weighted by atomic mass is 16.7. The Morgan fingerprint density at radius 1 is 1.07 bits per heavy atom. The van der Waals surface area contributed by atoms with Crippen LogP contribution in [0.15, 0.2) is 24.3 Å². The Labute approximate surface area is 158 Å². The molecule has 0 bridgehead atoms. The molecule has 0 radical (unpaired) electrons. The van der Waals surface area contributed by atoms with Crippen LogP contribution in [-0.2, 0) is 13.0 Å². The van der Waals surface area contributed by atoms with E-state index < -0.39 is 6.10 Å². The maximum absolute atomic E-state index is 11.1. The zero-order valence-electron chi connectivity index (χ0n) is 15.7. The molecule has 2 heterocycles. The Hall–Kier alpha value is -2.44. The first-order chi connectivity index (χ1) is 13.1. The summed E-state index contributed by atoms with van der Waals surface area (Å²) in [6.45, 7) is 0.974. The van der Waals surface area contributed by atoms with E-state index in [-0.39, 0.29) is 18.8 Å². The van der Waals surface area contributed by atoms with Crippen molar-refractivity contribution in [1.82, 2.24) is 4.90 Å². The van der Waals surface area contributed by atoms with Crippen molar-refractivity contribution in [1.29, 1.82) is 0 Å². The number of ether oxygens (including phenoxy) is 4. The van der Waals surface area contributed by atoms with E-state index in [2.05, 4.69) is 24.1 Å². The summed E-state index contributed by atoms with van der Waals surface area (Å²) >= 11 is 0. The molecule has 0 saturated carbocycles. The van der Waals surface area contributed by atoms with Gasteiger partial charge in [0.15, 0.2) is 23.0 Å². The number of aliphatic hydroxyl groups is 1. The lowest BCUT2D eigenvalue weighted by atomic mass is 9.70. The van der Waals surface area contributed by atoms with Gasteiger partial charge in [0.25, 0.3) is 0 Å². The fourth-order valence-electron chi connectivity index (χ4n) is 4.93. The minimum absolute atomic E-state index is 0.0357. The van der Waals surface area contributed by atoms with Gasteiger partial charge < -0.3 is 24.1 Å². The summed E-state index contributed by atoms with van der Waals surface area (Å²) in [5.74, 6) is 2.99. The second kappa shape index (κ2) is 6.04. The van der Waals surface area contributed by atoms with Gasteiger partial charge in [-0.05, 0) is 48.4 Å². The average molecular weight is 369 g/mol. The molecule has 0 spiro atoms. The predicted molar refractivity (Wildman–Crippen MR) is 98.8 cm³/mol. The minimum Gasteiger partial charge on any atom is -0.493 e. The highest BCUT2D eigenvalue weighted by Crippen LogP contribution is 2.53. The van der Waals surface area contributed by atoms with Crippen molar-refractivity contribution in [2.45, 2.75) is 31.0 Å². The number of likely N-dealkylation sites (N-methyl/N-ethyl adjacent to an activating group) is 1. The van der Waals surface area contributed by atoms with Gasteiger partial charge in [0.1, 0.15) is 0 Å². The van der Waals surface area contributed by atoms with Crippen LogP contribution in [0.5, 0.6) is 23.0 Å². The highest BCUT2D eigenvalue weighted by Gasteiger charge is 2.44. The number of hydrogen-bond acceptors (Lipinski definition) is 6. The van der Waals surface area contributed by atoms with E-state index in [1.165, 1.54) is 5.56 Å². The summed E-state index contributed by atoms with van der Waals surface area (Å²) in [4.78, 5) is 2.28. The molecule has 0 aromatic heterocycles. The molecular weight excluding hydrogens is 346 g/mol. The lowest BCUT2D eigenvalue weighted by molar-refractivity contribution is 0.0590. The molecule has 3 aliphatic rings. The normalized spacial score (nSPS) is 25.4. The molecule has 2 aliphatic heterocycles. The van der Waals surface area contributed by atoms with Gasteiger partial charge in [0.05, 0.1) is 20.3 Å². The first kappa shape index (κ1) is 16.7. The molecule has 142 valence electrons. The molecule has 27 heavy (non-hydrogen) atoms. The molecule has 6 heteroatoms. The standard InChI is InChI=1S/C21H23NO5/c1-22-9-14-12(4-5-16(24-2)21(14)25-3)19-15(23)6-11-7-17-18(27-10-26-17)8-13(11)20(19)22/h4-5,7-8,15,19-20,23H,6,9-10H2,1-3H3/t15?,19-,20+/m0/s1. The SMILES string of the molecule is COc1ccc2c(c1OC)CN(C)[C@@H]1c3cc4c(cc3CC(O)[C@H]21)OCO4. The van der Waals surface area contributed by atoms with Crippen molar-refractivity contribution >= 4 is 0 Å². The van der Waals surface area contributed by atoms with Crippen molar-refractivity contribution in [2.24, 2.45) is 0 Å². The molecule has 0 fully saturated rings. The molecule has 0 amide bonds. The van der Waals surface area contributed by atoms with E-state index in [0.29, 0.717) is 6.42 Å². The summed E-state index contributed by atoms with van der Waals surface area (Å²) in [5.41, 5.74) is 4.55. The third kappa shape index (κ3) is 2.33. The fraction of sp³-hybridized carbons (Fsp3) is 0.429. The van der Waals surface area contributed by atoms with Crippen LogP contribution in [0, 0.1) is 0 Å². The van der Waals surface area contributed by atoms with Gasteiger partial charge in [-0.3, -0.25) is 4.90 Å². The minimum atomic E-state index is -0.484. The summed E-state index contributed by atoms with van der Waals surface area (Å²) < 4.78 is 22.3. The van der Waals surface area contributed by atoms with E-state index in [1.807, 2.05) is 12.1 Å². The van der Waals surface area contributed by atoms with Gasteiger partial charge in [0.2, 0.25) is 6.79 Å². The van der Waals surface area contributed by atoms with E-state index in [0.717, 1.165) is 46.2 Å². The van der Waals surface area contributed by atoms with Crippen LogP contribution in [0.4, 0.5) is 0 Å². The first-order valence-electron chi connectivity index (χ1n) is 9.16. The van der Waals surface area contributed by atoms with Crippen LogP contribution < -0.4 is 18.9 Å². The van der Waals surface area contributed by atoms with Crippen LogP contribution in [0.2, 0.25) is 0 Å². The molecule has 2 aromatic carbocycles. The molecule has 1 unspecified atom stereocenters. The van der Waals surface area contributed by atoms with Crippen molar-refractivity contribution in [3.05, 3.63) is 46.5 Å². The van der Waals surface area contributed by atoms with E-state index >= 15 is 0 Å². The number of rotatable bonds is 2. The molecule has 2 aromatic rings. The van der Waals surface area contributed by atoms with Crippen LogP contribution in [0.1, 0.15) is 34.2 Å². The molecule has 1 aliphatic carbocycles. The van der Waals surface area contributed by atoms with Crippen molar-refractivity contribution in [3.8, 4) is 23.0 Å². The smallest absolute Gasteiger partial charge is 0.231 e. The first-order valence-corrected chi connectivity index (χ1v) is 9.16. The van der Waals surface area contributed by atoms with Gasteiger partial charge in [-0.2, -0.15) is 0 Å². The zero-order chi connectivity index (χ0) is 18.7. The Kier molecular flexibility index (Phi) is 3.74. The van der Waals surface area contributed by atoms with Gasteiger partial charge in [-0.15, -0.1) is 0 Å². The van der Waals surface area contributed by atoms with Gasteiger partial charge >= 0.3 is 0 Å². The van der Waals surface area contributed by atoms with E-state index in [9.17, 15) is 5.11 Å². The summed E-state index contributed by atoms with van der Waals surface area (Å²) in [6, 6.07) is 8.19. The van der Waals surface area contributed by atoms with Gasteiger partial charge in [-0.25, -0.2) is 0 Å². The van der Waals surface area contributed by atoms with E-state index in [4.69, 9.17) is 18.9 Å². The number of hydrogen-bond donors (Lipinski definition) is 1. The van der Waals surface area contributed by atoms with Crippen LogP contribution >= 0.6 is 0 Å². The quantitative estimate of drug-likeness (QED) is 0.878. The van der Waals surface area contributed by atoms with E-state index in [1.54, 1.807) is 14.2 Å².